The summed E-state index contributed by atoms with van der Waals surface area (Å²) in [6.07, 6.45) is 3.32. The Hall–Kier alpha value is -1.35. The van der Waals surface area contributed by atoms with Crippen LogP contribution in [0.4, 0.5) is 4.79 Å². The first-order chi connectivity index (χ1) is 11.5. The van der Waals surface area contributed by atoms with Gasteiger partial charge in [-0.15, -0.1) is 0 Å². The summed E-state index contributed by atoms with van der Waals surface area (Å²) in [5.41, 5.74) is -0.528. The van der Waals surface area contributed by atoms with Crippen LogP contribution in [-0.2, 0) is 19.6 Å². The standard InChI is InChI=1S/C16H29N3O5S/c1-16(2,3)24-15(21)18-10-7-12(8-11-18)17-14(20)13-6-5-9-19(13)25(4,22)23/h12-13H,5-11H2,1-4H3,(H,17,20). The van der Waals surface area contributed by atoms with Crippen LogP contribution in [0.1, 0.15) is 46.5 Å². The fourth-order valence-electron chi connectivity index (χ4n) is 3.23. The number of ether oxygens (including phenoxy) is 1. The van der Waals surface area contributed by atoms with E-state index in [2.05, 4.69) is 5.32 Å². The highest BCUT2D eigenvalue weighted by atomic mass is 32.2. The lowest BCUT2D eigenvalue weighted by Crippen LogP contribution is -2.52. The zero-order chi connectivity index (χ0) is 18.8. The van der Waals surface area contributed by atoms with E-state index in [0.717, 1.165) is 6.26 Å². The molecule has 2 fully saturated rings. The third-order valence-corrected chi connectivity index (χ3v) is 5.71. The SMILES string of the molecule is CC(C)(C)OC(=O)N1CCC(NC(=O)C2CCCN2S(C)(=O)=O)CC1. The second kappa shape index (κ2) is 7.49. The summed E-state index contributed by atoms with van der Waals surface area (Å²) in [6.45, 7) is 6.90. The van der Waals surface area contributed by atoms with E-state index in [1.807, 2.05) is 20.8 Å². The Kier molecular flexibility index (Phi) is 5.98. The predicted molar refractivity (Wildman–Crippen MR) is 93.5 cm³/mol. The summed E-state index contributed by atoms with van der Waals surface area (Å²) in [6, 6.07) is -0.660. The second-order valence-corrected chi connectivity index (χ2v) is 9.72. The summed E-state index contributed by atoms with van der Waals surface area (Å²) in [7, 11) is -3.37. The molecule has 0 aliphatic carbocycles. The maximum Gasteiger partial charge on any atom is 0.410 e. The molecule has 2 aliphatic heterocycles. The van der Waals surface area contributed by atoms with Crippen molar-refractivity contribution in [3.05, 3.63) is 0 Å². The zero-order valence-electron chi connectivity index (χ0n) is 15.4. The Morgan fingerprint density at radius 2 is 1.68 bits per heavy atom. The molecule has 1 N–H and O–H groups in total. The molecule has 1 atom stereocenters. The average Bonchev–Trinajstić information content (AvgIpc) is 2.95. The zero-order valence-corrected chi connectivity index (χ0v) is 16.3. The Morgan fingerprint density at radius 1 is 1.08 bits per heavy atom. The molecule has 2 amide bonds. The summed E-state index contributed by atoms with van der Waals surface area (Å²) in [5, 5.41) is 2.95. The van der Waals surface area contributed by atoms with Crippen LogP contribution in [0.2, 0.25) is 0 Å². The van der Waals surface area contributed by atoms with Gasteiger partial charge < -0.3 is 15.0 Å². The Morgan fingerprint density at radius 3 is 2.20 bits per heavy atom. The number of carbonyl (C=O) groups is 2. The van der Waals surface area contributed by atoms with Crippen molar-refractivity contribution in [1.29, 1.82) is 0 Å². The second-order valence-electron chi connectivity index (χ2n) is 7.78. The third kappa shape index (κ3) is 5.57. The molecule has 2 heterocycles. The Bertz CT molecular complexity index is 606. The van der Waals surface area contributed by atoms with Crippen LogP contribution in [0.5, 0.6) is 0 Å². The van der Waals surface area contributed by atoms with Crippen LogP contribution in [0, 0.1) is 0 Å². The van der Waals surface area contributed by atoms with Gasteiger partial charge in [-0.1, -0.05) is 0 Å². The molecule has 25 heavy (non-hydrogen) atoms. The van der Waals surface area contributed by atoms with Gasteiger partial charge in [-0.3, -0.25) is 4.79 Å². The number of hydrogen-bond donors (Lipinski definition) is 1. The Balaban J connectivity index is 1.84. The van der Waals surface area contributed by atoms with Gasteiger partial charge in [0.2, 0.25) is 15.9 Å². The molecule has 0 aromatic heterocycles. The monoisotopic (exact) mass is 375 g/mol. The van der Waals surface area contributed by atoms with E-state index in [0.29, 0.717) is 45.3 Å². The van der Waals surface area contributed by atoms with Crippen molar-refractivity contribution in [3.8, 4) is 0 Å². The molecule has 0 spiro atoms. The van der Waals surface area contributed by atoms with Gasteiger partial charge in [0.1, 0.15) is 11.6 Å². The van der Waals surface area contributed by atoms with Gasteiger partial charge in [-0.2, -0.15) is 4.31 Å². The maximum absolute atomic E-state index is 12.5. The van der Waals surface area contributed by atoms with E-state index in [-0.39, 0.29) is 18.0 Å². The number of nitrogens with one attached hydrogen (secondary N) is 1. The molecule has 0 aromatic carbocycles. The van der Waals surface area contributed by atoms with E-state index in [1.54, 1.807) is 4.90 Å². The summed E-state index contributed by atoms with van der Waals surface area (Å²) >= 11 is 0. The molecular weight excluding hydrogens is 346 g/mol. The van der Waals surface area contributed by atoms with Crippen LogP contribution in [0.15, 0.2) is 0 Å². The minimum atomic E-state index is -3.37. The lowest BCUT2D eigenvalue weighted by atomic mass is 10.0. The topological polar surface area (TPSA) is 96.0 Å². The van der Waals surface area contributed by atoms with Gasteiger partial charge in [0.05, 0.1) is 6.26 Å². The number of hydrogen-bond acceptors (Lipinski definition) is 5. The molecular formula is C16H29N3O5S. The maximum atomic E-state index is 12.5. The van der Waals surface area contributed by atoms with Crippen molar-refractivity contribution in [2.75, 3.05) is 25.9 Å². The smallest absolute Gasteiger partial charge is 0.410 e. The molecule has 0 aromatic rings. The number of carbonyl (C=O) groups excluding carboxylic acids is 2. The van der Waals surface area contributed by atoms with Crippen molar-refractivity contribution in [1.82, 2.24) is 14.5 Å². The van der Waals surface area contributed by atoms with E-state index < -0.39 is 21.7 Å². The minimum Gasteiger partial charge on any atom is -0.444 e. The molecule has 0 saturated carbocycles. The highest BCUT2D eigenvalue weighted by molar-refractivity contribution is 7.88. The van der Waals surface area contributed by atoms with Crippen LogP contribution in [0.25, 0.3) is 0 Å². The average molecular weight is 375 g/mol. The van der Waals surface area contributed by atoms with Gasteiger partial charge in [0.15, 0.2) is 0 Å². The predicted octanol–water partition coefficient (Wildman–Crippen LogP) is 0.926. The van der Waals surface area contributed by atoms with E-state index >= 15 is 0 Å². The number of amides is 2. The minimum absolute atomic E-state index is 0.0480. The normalized spacial score (nSPS) is 23.5. The number of nitrogens with zero attached hydrogens (tertiary/aromatic N) is 2. The third-order valence-electron chi connectivity index (χ3n) is 4.43. The molecule has 8 nitrogen and oxygen atoms in total. The van der Waals surface area contributed by atoms with Crippen LogP contribution in [0.3, 0.4) is 0 Å². The summed E-state index contributed by atoms with van der Waals surface area (Å²) in [5.74, 6) is -0.237. The van der Waals surface area contributed by atoms with Gasteiger partial charge in [-0.25, -0.2) is 13.2 Å². The summed E-state index contributed by atoms with van der Waals surface area (Å²) < 4.78 is 30.1. The Labute approximate surface area is 149 Å². The van der Waals surface area contributed by atoms with Gasteiger partial charge in [-0.05, 0) is 46.5 Å². The quantitative estimate of drug-likeness (QED) is 0.791. The van der Waals surface area contributed by atoms with Crippen molar-refractivity contribution in [2.45, 2.75) is 64.1 Å². The molecule has 1 unspecified atom stereocenters. The summed E-state index contributed by atoms with van der Waals surface area (Å²) in [4.78, 5) is 26.1. The van der Waals surface area contributed by atoms with E-state index in [9.17, 15) is 18.0 Å². The first-order valence-electron chi connectivity index (χ1n) is 8.72. The highest BCUT2D eigenvalue weighted by Crippen LogP contribution is 2.21. The first kappa shape index (κ1) is 20.0. The number of piperidine rings is 1. The number of likely N-dealkylation sites (tertiary alicyclic amines) is 1. The van der Waals surface area contributed by atoms with Crippen molar-refractivity contribution in [2.24, 2.45) is 0 Å². The van der Waals surface area contributed by atoms with Crippen molar-refractivity contribution in [3.63, 3.8) is 0 Å². The van der Waals surface area contributed by atoms with Crippen LogP contribution < -0.4 is 5.32 Å². The lowest BCUT2D eigenvalue weighted by molar-refractivity contribution is -0.125. The molecule has 2 rings (SSSR count). The van der Waals surface area contributed by atoms with Gasteiger partial charge in [0, 0.05) is 25.7 Å². The van der Waals surface area contributed by atoms with Gasteiger partial charge in [0.25, 0.3) is 0 Å². The number of sulfonamides is 1. The van der Waals surface area contributed by atoms with Crippen LogP contribution in [-0.4, -0.2) is 73.2 Å². The largest absolute Gasteiger partial charge is 0.444 e. The van der Waals surface area contributed by atoms with Gasteiger partial charge >= 0.3 is 6.09 Å². The fourth-order valence-corrected chi connectivity index (χ4v) is 4.35. The number of rotatable bonds is 3. The molecule has 0 radical (unpaired) electrons. The molecule has 0 bridgehead atoms. The fraction of sp³-hybridized carbons (Fsp3) is 0.875. The lowest BCUT2D eigenvalue weighted by Gasteiger charge is -2.34. The van der Waals surface area contributed by atoms with Crippen LogP contribution >= 0.6 is 0 Å². The molecule has 2 aliphatic rings. The van der Waals surface area contributed by atoms with E-state index in [4.69, 9.17) is 4.74 Å². The van der Waals surface area contributed by atoms with E-state index in [1.165, 1.54) is 4.31 Å². The highest BCUT2D eigenvalue weighted by Gasteiger charge is 2.37. The molecule has 144 valence electrons. The van der Waals surface area contributed by atoms with Crippen molar-refractivity contribution < 1.29 is 22.7 Å². The first-order valence-corrected chi connectivity index (χ1v) is 10.6. The van der Waals surface area contributed by atoms with Crippen molar-refractivity contribution >= 4 is 22.0 Å². The molecule has 2 saturated heterocycles. The molecule has 9 heteroatoms.